The van der Waals surface area contributed by atoms with E-state index >= 15 is 0 Å². The number of halogens is 1. The average Bonchev–Trinajstić information content (AvgIpc) is 2.81. The van der Waals surface area contributed by atoms with Crippen molar-refractivity contribution in [1.29, 1.82) is 0 Å². The molecule has 0 saturated heterocycles. The SMILES string of the molecule is O=C(Cn1c2ccccc2c(=O)c2ccccc21)OCc1cc(=O)n2cc(Br)ccc2n1. The molecule has 3 aromatic heterocycles. The number of fused-ring (bicyclic) bond motifs is 3. The predicted octanol–water partition coefficient (Wildman–Crippen LogP) is 3.67. The molecule has 158 valence electrons. The summed E-state index contributed by atoms with van der Waals surface area (Å²) in [5, 5.41) is 1.07. The molecule has 5 rings (SSSR count). The molecule has 3 heterocycles. The molecular weight excluding hydrogens is 474 g/mol. The molecule has 5 aromatic rings. The molecule has 32 heavy (non-hydrogen) atoms. The number of aromatic nitrogens is 3. The summed E-state index contributed by atoms with van der Waals surface area (Å²) in [7, 11) is 0. The third-order valence-corrected chi connectivity index (χ3v) is 5.69. The van der Waals surface area contributed by atoms with Gasteiger partial charge in [-0.15, -0.1) is 0 Å². The fourth-order valence-corrected chi connectivity index (χ4v) is 4.11. The first kappa shape index (κ1) is 20.1. The number of hydrogen-bond acceptors (Lipinski definition) is 5. The lowest BCUT2D eigenvalue weighted by Crippen LogP contribution is -2.19. The number of benzene rings is 2. The van der Waals surface area contributed by atoms with Crippen molar-refractivity contribution in [3.63, 3.8) is 0 Å². The Morgan fingerprint density at radius 2 is 1.59 bits per heavy atom. The van der Waals surface area contributed by atoms with Crippen molar-refractivity contribution in [1.82, 2.24) is 14.0 Å². The molecule has 0 aliphatic rings. The standard InChI is InChI=1S/C24H16BrN3O4/c25-15-9-10-21-26-16(11-22(29)28(21)12-15)14-32-23(30)13-27-19-7-3-1-5-17(19)24(31)18-6-2-4-8-20(18)27/h1-12H,13-14H2. The molecule has 0 aliphatic carbocycles. The van der Waals surface area contributed by atoms with Gasteiger partial charge in [-0.1, -0.05) is 24.3 Å². The zero-order valence-electron chi connectivity index (χ0n) is 16.7. The largest absolute Gasteiger partial charge is 0.458 e. The van der Waals surface area contributed by atoms with Crippen LogP contribution in [0.5, 0.6) is 0 Å². The van der Waals surface area contributed by atoms with Gasteiger partial charge in [-0.2, -0.15) is 0 Å². The van der Waals surface area contributed by atoms with Crippen LogP contribution in [0.3, 0.4) is 0 Å². The van der Waals surface area contributed by atoms with Crippen LogP contribution in [0.15, 0.2) is 87.0 Å². The summed E-state index contributed by atoms with van der Waals surface area (Å²) in [6.45, 7) is -0.211. The molecule has 0 fully saturated rings. The zero-order chi connectivity index (χ0) is 22.2. The summed E-state index contributed by atoms with van der Waals surface area (Å²) < 4.78 is 9.37. The summed E-state index contributed by atoms with van der Waals surface area (Å²) in [6.07, 6.45) is 1.63. The van der Waals surface area contributed by atoms with E-state index in [-0.39, 0.29) is 24.1 Å². The van der Waals surface area contributed by atoms with Crippen LogP contribution in [0.25, 0.3) is 27.5 Å². The topological polar surface area (TPSA) is 82.7 Å². The fraction of sp³-hybridized carbons (Fsp3) is 0.0833. The Hall–Kier alpha value is -3.78. The predicted molar refractivity (Wildman–Crippen MR) is 125 cm³/mol. The smallest absolute Gasteiger partial charge is 0.326 e. The minimum absolute atomic E-state index is 0.0757. The third kappa shape index (κ3) is 3.58. The van der Waals surface area contributed by atoms with Gasteiger partial charge in [0.05, 0.1) is 16.7 Å². The van der Waals surface area contributed by atoms with Crippen LogP contribution in [0.4, 0.5) is 0 Å². The van der Waals surface area contributed by atoms with Gasteiger partial charge in [0.1, 0.15) is 18.8 Å². The van der Waals surface area contributed by atoms with Crippen LogP contribution in [-0.2, 0) is 22.7 Å². The van der Waals surface area contributed by atoms with E-state index in [0.29, 0.717) is 33.1 Å². The van der Waals surface area contributed by atoms with E-state index in [1.165, 1.54) is 10.5 Å². The maximum absolute atomic E-state index is 12.8. The molecule has 7 nitrogen and oxygen atoms in total. The summed E-state index contributed by atoms with van der Waals surface area (Å²) in [4.78, 5) is 42.3. The summed E-state index contributed by atoms with van der Waals surface area (Å²) >= 11 is 3.33. The van der Waals surface area contributed by atoms with E-state index in [4.69, 9.17) is 4.74 Å². The van der Waals surface area contributed by atoms with Crippen LogP contribution in [0.2, 0.25) is 0 Å². The van der Waals surface area contributed by atoms with Crippen molar-refractivity contribution in [2.75, 3.05) is 0 Å². The van der Waals surface area contributed by atoms with Crippen molar-refractivity contribution in [2.24, 2.45) is 0 Å². The van der Waals surface area contributed by atoms with E-state index in [0.717, 1.165) is 4.47 Å². The first-order valence-corrected chi connectivity index (χ1v) is 10.6. The van der Waals surface area contributed by atoms with E-state index in [2.05, 4.69) is 20.9 Å². The first-order chi connectivity index (χ1) is 15.5. The lowest BCUT2D eigenvalue weighted by molar-refractivity contribution is -0.145. The average molecular weight is 490 g/mol. The van der Waals surface area contributed by atoms with Gasteiger partial charge < -0.3 is 9.30 Å². The second-order valence-electron chi connectivity index (χ2n) is 7.27. The Morgan fingerprint density at radius 3 is 2.28 bits per heavy atom. The Balaban J connectivity index is 1.45. The monoisotopic (exact) mass is 489 g/mol. The number of nitrogens with zero attached hydrogens (tertiary/aromatic N) is 3. The number of pyridine rings is 2. The Morgan fingerprint density at radius 1 is 0.938 bits per heavy atom. The molecule has 0 aliphatic heterocycles. The summed E-state index contributed by atoms with van der Waals surface area (Å²) in [6, 6.07) is 19.2. The lowest BCUT2D eigenvalue weighted by Gasteiger charge is -2.14. The zero-order valence-corrected chi connectivity index (χ0v) is 18.3. The Kier molecular flexibility index (Phi) is 5.07. The normalized spacial score (nSPS) is 11.3. The van der Waals surface area contributed by atoms with Crippen LogP contribution >= 0.6 is 15.9 Å². The third-order valence-electron chi connectivity index (χ3n) is 5.22. The number of para-hydroxylation sites is 2. The van der Waals surface area contributed by atoms with Crippen LogP contribution in [0, 0.1) is 0 Å². The maximum Gasteiger partial charge on any atom is 0.326 e. The van der Waals surface area contributed by atoms with E-state index < -0.39 is 5.97 Å². The highest BCUT2D eigenvalue weighted by atomic mass is 79.9. The number of carbonyl (C=O) groups excluding carboxylic acids is 1. The second kappa shape index (κ2) is 8.05. The van der Waals surface area contributed by atoms with Crippen molar-refractivity contribution in [2.45, 2.75) is 13.2 Å². The highest BCUT2D eigenvalue weighted by Gasteiger charge is 2.14. The van der Waals surface area contributed by atoms with Crippen LogP contribution < -0.4 is 11.0 Å². The van der Waals surface area contributed by atoms with Crippen molar-refractivity contribution in [3.05, 3.63) is 104 Å². The molecule has 0 spiro atoms. The van der Waals surface area contributed by atoms with E-state index in [9.17, 15) is 14.4 Å². The number of rotatable bonds is 4. The maximum atomic E-state index is 12.8. The van der Waals surface area contributed by atoms with E-state index in [1.807, 2.05) is 12.1 Å². The molecule has 2 aromatic carbocycles. The molecule has 0 bridgehead atoms. The highest BCUT2D eigenvalue weighted by Crippen LogP contribution is 2.19. The number of ether oxygens (including phenoxy) is 1. The van der Waals surface area contributed by atoms with E-state index in [1.54, 1.807) is 59.3 Å². The number of hydrogen-bond donors (Lipinski definition) is 0. The van der Waals surface area contributed by atoms with Crippen molar-refractivity contribution < 1.29 is 9.53 Å². The molecule has 8 heteroatoms. The highest BCUT2D eigenvalue weighted by molar-refractivity contribution is 9.10. The van der Waals surface area contributed by atoms with Gasteiger partial charge in [0.15, 0.2) is 5.43 Å². The van der Waals surface area contributed by atoms with Gasteiger partial charge in [-0.3, -0.25) is 18.8 Å². The summed E-state index contributed by atoms with van der Waals surface area (Å²) in [5.41, 5.74) is 1.79. The number of esters is 1. The van der Waals surface area contributed by atoms with Crippen LogP contribution in [-0.4, -0.2) is 19.9 Å². The molecule has 0 amide bonds. The Labute approximate surface area is 189 Å². The quantitative estimate of drug-likeness (QED) is 0.284. The molecule has 0 atom stereocenters. The van der Waals surface area contributed by atoms with Crippen LogP contribution in [0.1, 0.15) is 5.69 Å². The second-order valence-corrected chi connectivity index (χ2v) is 8.19. The molecule has 0 unspecified atom stereocenters. The van der Waals surface area contributed by atoms with Gasteiger partial charge >= 0.3 is 5.97 Å². The summed E-state index contributed by atoms with van der Waals surface area (Å²) in [5.74, 6) is -0.498. The first-order valence-electron chi connectivity index (χ1n) is 9.85. The van der Waals surface area contributed by atoms with Gasteiger partial charge in [-0.25, -0.2) is 4.98 Å². The molecule has 0 N–H and O–H groups in total. The van der Waals surface area contributed by atoms with Gasteiger partial charge in [0, 0.05) is 27.5 Å². The van der Waals surface area contributed by atoms with Gasteiger partial charge in [0.25, 0.3) is 5.56 Å². The minimum Gasteiger partial charge on any atom is -0.458 e. The Bertz CT molecular complexity index is 1580. The van der Waals surface area contributed by atoms with Crippen molar-refractivity contribution >= 4 is 49.4 Å². The fourth-order valence-electron chi connectivity index (χ4n) is 3.78. The molecular formula is C24H16BrN3O4. The van der Waals surface area contributed by atoms with Gasteiger partial charge in [0.2, 0.25) is 0 Å². The minimum atomic E-state index is -0.498. The van der Waals surface area contributed by atoms with Crippen molar-refractivity contribution in [3.8, 4) is 0 Å². The molecule has 0 saturated carbocycles. The number of carbonyl (C=O) groups is 1. The molecule has 0 radical (unpaired) electrons. The van der Waals surface area contributed by atoms with Gasteiger partial charge in [-0.05, 0) is 52.3 Å². The lowest BCUT2D eigenvalue weighted by atomic mass is 10.1.